The molecule has 1 aliphatic heterocycles. The fourth-order valence-corrected chi connectivity index (χ4v) is 0.990. The van der Waals surface area contributed by atoms with E-state index < -0.39 is 0 Å². The van der Waals surface area contributed by atoms with Crippen molar-refractivity contribution in [3.8, 4) is 0 Å². The molecule has 60 valence electrons. The summed E-state index contributed by atoms with van der Waals surface area (Å²) in [5.74, 6) is 0. The van der Waals surface area contributed by atoms with Crippen LogP contribution >= 0.6 is 0 Å². The monoisotopic (exact) mass is 153 g/mol. The summed E-state index contributed by atoms with van der Waals surface area (Å²) in [7, 11) is 0. The van der Waals surface area contributed by atoms with Gasteiger partial charge in [0.2, 0.25) is 0 Å². The van der Waals surface area contributed by atoms with Crippen LogP contribution in [0.15, 0.2) is 12.4 Å². The van der Waals surface area contributed by atoms with Gasteiger partial charge in [0.1, 0.15) is 0 Å². The first-order valence-corrected chi connectivity index (χ1v) is 3.74. The zero-order valence-electron chi connectivity index (χ0n) is 6.21. The second-order valence-electron chi connectivity index (χ2n) is 2.72. The predicted molar refractivity (Wildman–Crippen MR) is 40.0 cm³/mol. The third kappa shape index (κ3) is 1.58. The second-order valence-corrected chi connectivity index (χ2v) is 2.72. The average molecular weight is 153 g/mol. The molecule has 1 aromatic heterocycles. The quantitative estimate of drug-likeness (QED) is 0.637. The second kappa shape index (κ2) is 3.02. The Kier molecular flexibility index (Phi) is 1.87. The first-order chi connectivity index (χ1) is 5.45. The third-order valence-corrected chi connectivity index (χ3v) is 1.79. The van der Waals surface area contributed by atoms with E-state index in [-0.39, 0.29) is 0 Å². The van der Waals surface area contributed by atoms with Gasteiger partial charge < -0.3 is 10.1 Å². The number of nitrogens with zero attached hydrogens (tertiary/aromatic N) is 1. The maximum Gasteiger partial charge on any atom is 0.0643 e. The van der Waals surface area contributed by atoms with Crippen molar-refractivity contribution in [2.45, 2.75) is 12.6 Å². The Morgan fingerprint density at radius 1 is 1.73 bits per heavy atom. The molecule has 0 unspecified atom stereocenters. The minimum Gasteiger partial charge on any atom is -0.378 e. The van der Waals surface area contributed by atoms with Crippen molar-refractivity contribution in [3.63, 3.8) is 0 Å². The highest BCUT2D eigenvalue weighted by atomic mass is 16.5. The molecule has 0 radical (unpaired) electrons. The molecule has 2 rings (SSSR count). The topological polar surface area (TPSA) is 49.9 Å². The first-order valence-electron chi connectivity index (χ1n) is 3.74. The molecule has 0 atom stereocenters. The molecular formula is C7H11N3O. The van der Waals surface area contributed by atoms with Gasteiger partial charge in [-0.3, -0.25) is 5.10 Å². The van der Waals surface area contributed by atoms with Gasteiger partial charge in [-0.1, -0.05) is 0 Å². The van der Waals surface area contributed by atoms with Gasteiger partial charge >= 0.3 is 0 Å². The standard InChI is InChI=1S/C7H11N3O/c1(6-2-9-10-3-6)8-7-4-11-5-7/h2-3,7-8H,1,4-5H2,(H,9,10). The SMILES string of the molecule is c1n[nH]cc1CNC1COC1. The van der Waals surface area contributed by atoms with Crippen molar-refractivity contribution < 1.29 is 4.74 Å². The number of hydrogen-bond donors (Lipinski definition) is 2. The molecule has 4 nitrogen and oxygen atoms in total. The highest BCUT2D eigenvalue weighted by Gasteiger charge is 2.16. The molecule has 4 heteroatoms. The fourth-order valence-electron chi connectivity index (χ4n) is 0.990. The highest BCUT2D eigenvalue weighted by molar-refractivity contribution is 5.02. The summed E-state index contributed by atoms with van der Waals surface area (Å²) >= 11 is 0. The van der Waals surface area contributed by atoms with Crippen LogP contribution < -0.4 is 5.32 Å². The van der Waals surface area contributed by atoms with Crippen LogP contribution in [-0.2, 0) is 11.3 Å². The van der Waals surface area contributed by atoms with E-state index in [1.54, 1.807) is 0 Å². The number of ether oxygens (including phenoxy) is 1. The lowest BCUT2D eigenvalue weighted by Gasteiger charge is -2.26. The molecule has 1 aliphatic rings. The molecule has 1 fully saturated rings. The number of aromatic amines is 1. The minimum atomic E-state index is 0.546. The first kappa shape index (κ1) is 6.82. The van der Waals surface area contributed by atoms with Crippen molar-refractivity contribution in [1.82, 2.24) is 15.5 Å². The Bertz CT molecular complexity index is 205. The van der Waals surface area contributed by atoms with Crippen LogP contribution in [0.2, 0.25) is 0 Å². The van der Waals surface area contributed by atoms with Gasteiger partial charge in [0.25, 0.3) is 0 Å². The van der Waals surface area contributed by atoms with Crippen LogP contribution in [0.4, 0.5) is 0 Å². The lowest BCUT2D eigenvalue weighted by molar-refractivity contribution is -0.00578. The zero-order chi connectivity index (χ0) is 7.52. The van der Waals surface area contributed by atoms with Crippen LogP contribution in [0.1, 0.15) is 5.56 Å². The van der Waals surface area contributed by atoms with E-state index in [4.69, 9.17) is 4.74 Å². The average Bonchev–Trinajstić information content (AvgIpc) is 2.36. The Morgan fingerprint density at radius 3 is 3.18 bits per heavy atom. The van der Waals surface area contributed by atoms with Gasteiger partial charge in [0, 0.05) is 18.3 Å². The number of H-pyrrole nitrogens is 1. The smallest absolute Gasteiger partial charge is 0.0643 e. The fraction of sp³-hybridized carbons (Fsp3) is 0.571. The van der Waals surface area contributed by atoms with Gasteiger partial charge in [0.05, 0.1) is 25.5 Å². The van der Waals surface area contributed by atoms with Crippen molar-refractivity contribution >= 4 is 0 Å². The van der Waals surface area contributed by atoms with Crippen LogP contribution in [0, 0.1) is 0 Å². The Morgan fingerprint density at radius 2 is 2.64 bits per heavy atom. The van der Waals surface area contributed by atoms with Crippen molar-refractivity contribution in [1.29, 1.82) is 0 Å². The summed E-state index contributed by atoms with van der Waals surface area (Å²) < 4.78 is 5.02. The van der Waals surface area contributed by atoms with E-state index in [2.05, 4.69) is 15.5 Å². The normalized spacial score (nSPS) is 18.2. The van der Waals surface area contributed by atoms with E-state index in [1.165, 1.54) is 5.56 Å². The molecule has 0 bridgehead atoms. The Labute approximate surface area is 64.9 Å². The van der Waals surface area contributed by atoms with Gasteiger partial charge in [0.15, 0.2) is 0 Å². The molecule has 1 saturated heterocycles. The molecule has 11 heavy (non-hydrogen) atoms. The molecule has 0 aliphatic carbocycles. The molecule has 0 amide bonds. The number of rotatable bonds is 3. The van der Waals surface area contributed by atoms with E-state index in [0.29, 0.717) is 6.04 Å². The molecule has 2 heterocycles. The molecule has 0 spiro atoms. The summed E-state index contributed by atoms with van der Waals surface area (Å²) in [6.45, 7) is 2.57. The lowest BCUT2D eigenvalue weighted by atomic mass is 10.2. The molecule has 0 saturated carbocycles. The summed E-state index contributed by atoms with van der Waals surface area (Å²) in [6.07, 6.45) is 3.72. The summed E-state index contributed by atoms with van der Waals surface area (Å²) in [5.41, 5.74) is 1.19. The van der Waals surface area contributed by atoms with Gasteiger partial charge in [-0.25, -0.2) is 0 Å². The summed E-state index contributed by atoms with van der Waals surface area (Å²) in [5, 5.41) is 9.95. The van der Waals surface area contributed by atoms with E-state index in [9.17, 15) is 0 Å². The zero-order valence-corrected chi connectivity index (χ0v) is 6.21. The number of aromatic nitrogens is 2. The Balaban J connectivity index is 1.74. The maximum atomic E-state index is 5.02. The molecular weight excluding hydrogens is 142 g/mol. The van der Waals surface area contributed by atoms with Gasteiger partial charge in [-0.2, -0.15) is 5.10 Å². The summed E-state index contributed by atoms with van der Waals surface area (Å²) in [4.78, 5) is 0. The van der Waals surface area contributed by atoms with Crippen molar-refractivity contribution in [2.75, 3.05) is 13.2 Å². The van der Waals surface area contributed by atoms with E-state index in [0.717, 1.165) is 19.8 Å². The third-order valence-electron chi connectivity index (χ3n) is 1.79. The number of nitrogens with one attached hydrogen (secondary N) is 2. The Hall–Kier alpha value is -0.870. The van der Waals surface area contributed by atoms with Gasteiger partial charge in [-0.05, 0) is 0 Å². The van der Waals surface area contributed by atoms with E-state index in [1.807, 2.05) is 12.4 Å². The maximum absolute atomic E-state index is 5.02. The van der Waals surface area contributed by atoms with E-state index >= 15 is 0 Å². The van der Waals surface area contributed by atoms with Gasteiger partial charge in [-0.15, -0.1) is 0 Å². The van der Waals surface area contributed by atoms with Crippen LogP contribution in [0.5, 0.6) is 0 Å². The highest BCUT2D eigenvalue weighted by Crippen LogP contribution is 2.01. The number of hydrogen-bond acceptors (Lipinski definition) is 3. The van der Waals surface area contributed by atoms with Crippen LogP contribution in [0.3, 0.4) is 0 Å². The lowest BCUT2D eigenvalue weighted by Crippen LogP contribution is -2.45. The van der Waals surface area contributed by atoms with Crippen LogP contribution in [0.25, 0.3) is 0 Å². The summed E-state index contributed by atoms with van der Waals surface area (Å²) in [6, 6.07) is 0.546. The molecule has 0 aromatic carbocycles. The minimum absolute atomic E-state index is 0.546. The predicted octanol–water partition coefficient (Wildman–Crippen LogP) is -0.102. The largest absolute Gasteiger partial charge is 0.378 e. The molecule has 1 aromatic rings. The van der Waals surface area contributed by atoms with Crippen molar-refractivity contribution in [3.05, 3.63) is 18.0 Å². The van der Waals surface area contributed by atoms with Crippen molar-refractivity contribution in [2.24, 2.45) is 0 Å². The molecule has 2 N–H and O–H groups in total. The van der Waals surface area contributed by atoms with Crippen LogP contribution in [-0.4, -0.2) is 29.5 Å².